The van der Waals surface area contributed by atoms with Crippen LogP contribution in [0.25, 0.3) is 0 Å². The Bertz CT molecular complexity index is 351. The van der Waals surface area contributed by atoms with Gasteiger partial charge < -0.3 is 15.2 Å². The smallest absolute Gasteiger partial charge is 0.0996 e. The lowest BCUT2D eigenvalue weighted by Gasteiger charge is -2.18. The Morgan fingerprint density at radius 2 is 2.13 bits per heavy atom. The van der Waals surface area contributed by atoms with Crippen LogP contribution >= 0.6 is 0 Å². The van der Waals surface area contributed by atoms with E-state index in [1.807, 2.05) is 0 Å². The Labute approximate surface area is 90.1 Å². The summed E-state index contributed by atoms with van der Waals surface area (Å²) in [7, 11) is 0. The highest BCUT2D eigenvalue weighted by Gasteiger charge is 2.26. The second-order valence-electron chi connectivity index (χ2n) is 4.17. The Morgan fingerprint density at radius 3 is 2.80 bits per heavy atom. The van der Waals surface area contributed by atoms with Crippen LogP contribution < -0.4 is 5.32 Å². The maximum atomic E-state index is 9.62. The monoisotopic (exact) mass is 207 g/mol. The second kappa shape index (κ2) is 4.21. The lowest BCUT2D eigenvalue weighted by molar-refractivity contribution is 0.125. The van der Waals surface area contributed by atoms with Crippen molar-refractivity contribution in [2.24, 2.45) is 0 Å². The van der Waals surface area contributed by atoms with E-state index >= 15 is 0 Å². The van der Waals surface area contributed by atoms with Gasteiger partial charge in [0.2, 0.25) is 0 Å². The van der Waals surface area contributed by atoms with Crippen molar-refractivity contribution in [1.29, 1.82) is 0 Å². The summed E-state index contributed by atoms with van der Waals surface area (Å²) in [6, 6.07) is 6.29. The molecule has 1 aliphatic rings. The predicted octanol–water partition coefficient (Wildman–Crippen LogP) is 1.48. The molecular formula is C12H17NO2. The highest BCUT2D eigenvalue weighted by molar-refractivity contribution is 5.53. The number of hydrogen-bond acceptors (Lipinski definition) is 3. The van der Waals surface area contributed by atoms with Crippen LogP contribution in [-0.4, -0.2) is 30.5 Å². The van der Waals surface area contributed by atoms with Gasteiger partial charge in [-0.05, 0) is 31.0 Å². The average Bonchev–Trinajstić information content (AvgIpc) is 2.58. The van der Waals surface area contributed by atoms with E-state index in [9.17, 15) is 5.11 Å². The fourth-order valence-corrected chi connectivity index (χ4v) is 1.77. The van der Waals surface area contributed by atoms with Crippen molar-refractivity contribution in [2.45, 2.75) is 26.0 Å². The Kier molecular flexibility index (Phi) is 2.93. The molecule has 3 heteroatoms. The van der Waals surface area contributed by atoms with Gasteiger partial charge in [-0.25, -0.2) is 0 Å². The van der Waals surface area contributed by atoms with E-state index in [0.29, 0.717) is 13.2 Å². The van der Waals surface area contributed by atoms with Crippen LogP contribution in [0, 0.1) is 13.8 Å². The van der Waals surface area contributed by atoms with Crippen molar-refractivity contribution in [3.05, 3.63) is 29.3 Å². The summed E-state index contributed by atoms with van der Waals surface area (Å²) in [6.45, 7) is 5.13. The van der Waals surface area contributed by atoms with Crippen molar-refractivity contribution in [1.82, 2.24) is 0 Å². The Balaban J connectivity index is 2.12. The van der Waals surface area contributed by atoms with E-state index in [4.69, 9.17) is 4.74 Å². The first-order valence-electron chi connectivity index (χ1n) is 5.26. The third-order valence-electron chi connectivity index (χ3n) is 2.78. The molecule has 0 radical (unpaired) electrons. The van der Waals surface area contributed by atoms with Gasteiger partial charge in [0.1, 0.15) is 0 Å². The molecule has 0 aliphatic carbocycles. The molecule has 0 saturated carbocycles. The summed E-state index contributed by atoms with van der Waals surface area (Å²) in [5, 5.41) is 12.9. The second-order valence-corrected chi connectivity index (χ2v) is 4.17. The van der Waals surface area contributed by atoms with Gasteiger partial charge in [-0.15, -0.1) is 0 Å². The quantitative estimate of drug-likeness (QED) is 0.771. The summed E-state index contributed by atoms with van der Waals surface area (Å²) in [5.74, 6) is 0. The van der Waals surface area contributed by atoms with Gasteiger partial charge in [0.25, 0.3) is 0 Å². The fraction of sp³-hybridized carbons (Fsp3) is 0.500. The molecule has 0 unspecified atom stereocenters. The molecule has 0 spiro atoms. The molecule has 1 saturated heterocycles. The van der Waals surface area contributed by atoms with Gasteiger partial charge in [-0.2, -0.15) is 0 Å². The number of hydrogen-bond donors (Lipinski definition) is 2. The van der Waals surface area contributed by atoms with Crippen molar-refractivity contribution in [2.75, 3.05) is 18.5 Å². The van der Waals surface area contributed by atoms with Crippen molar-refractivity contribution < 1.29 is 9.84 Å². The first-order valence-corrected chi connectivity index (χ1v) is 5.26. The van der Waals surface area contributed by atoms with E-state index in [0.717, 1.165) is 5.69 Å². The molecule has 1 aromatic rings. The number of aliphatic hydroxyl groups is 1. The van der Waals surface area contributed by atoms with Crippen molar-refractivity contribution in [3.63, 3.8) is 0 Å². The molecule has 1 fully saturated rings. The van der Waals surface area contributed by atoms with Gasteiger partial charge in [0.05, 0.1) is 25.4 Å². The van der Waals surface area contributed by atoms with Crippen LogP contribution in [0.3, 0.4) is 0 Å². The van der Waals surface area contributed by atoms with Gasteiger partial charge >= 0.3 is 0 Å². The summed E-state index contributed by atoms with van der Waals surface area (Å²) in [5.41, 5.74) is 3.50. The van der Waals surface area contributed by atoms with Crippen LogP contribution in [0.2, 0.25) is 0 Å². The van der Waals surface area contributed by atoms with Crippen LogP contribution in [0.4, 0.5) is 5.69 Å². The minimum atomic E-state index is -0.398. The van der Waals surface area contributed by atoms with Crippen molar-refractivity contribution >= 4 is 5.69 Å². The van der Waals surface area contributed by atoms with Crippen LogP contribution in [0.15, 0.2) is 18.2 Å². The molecule has 0 bridgehead atoms. The maximum Gasteiger partial charge on any atom is 0.0996 e. The minimum Gasteiger partial charge on any atom is -0.388 e. The van der Waals surface area contributed by atoms with E-state index in [1.165, 1.54) is 11.1 Å². The highest BCUT2D eigenvalue weighted by atomic mass is 16.5. The number of ether oxygens (including phenoxy) is 1. The van der Waals surface area contributed by atoms with Crippen molar-refractivity contribution in [3.8, 4) is 0 Å². The standard InChI is InChI=1S/C12H17NO2/c1-8-3-4-9(2)10(5-8)13-11-6-15-7-12(11)14/h3-5,11-14H,6-7H2,1-2H3/t11-,12-/m1/s1. The van der Waals surface area contributed by atoms with Gasteiger partial charge in [-0.1, -0.05) is 12.1 Å². The minimum absolute atomic E-state index is 0.0190. The van der Waals surface area contributed by atoms with Gasteiger partial charge in [-0.3, -0.25) is 0 Å². The molecule has 3 nitrogen and oxygen atoms in total. The Hall–Kier alpha value is -1.06. The van der Waals surface area contributed by atoms with Crippen LogP contribution in [0.1, 0.15) is 11.1 Å². The number of anilines is 1. The van der Waals surface area contributed by atoms with E-state index < -0.39 is 6.10 Å². The van der Waals surface area contributed by atoms with E-state index in [1.54, 1.807) is 0 Å². The molecule has 1 aliphatic heterocycles. The zero-order chi connectivity index (χ0) is 10.8. The lowest BCUT2D eigenvalue weighted by atomic mass is 10.1. The number of rotatable bonds is 2. The highest BCUT2D eigenvalue weighted by Crippen LogP contribution is 2.19. The van der Waals surface area contributed by atoms with Gasteiger partial charge in [0, 0.05) is 5.69 Å². The zero-order valence-corrected chi connectivity index (χ0v) is 9.16. The molecule has 2 atom stereocenters. The first-order chi connectivity index (χ1) is 7.16. The molecule has 82 valence electrons. The molecule has 1 heterocycles. The van der Waals surface area contributed by atoms with E-state index in [-0.39, 0.29) is 6.04 Å². The van der Waals surface area contributed by atoms with Crippen LogP contribution in [0.5, 0.6) is 0 Å². The first kappa shape index (κ1) is 10.5. The molecule has 0 amide bonds. The zero-order valence-electron chi connectivity index (χ0n) is 9.16. The predicted molar refractivity (Wildman–Crippen MR) is 60.2 cm³/mol. The summed E-state index contributed by atoms with van der Waals surface area (Å²) >= 11 is 0. The van der Waals surface area contributed by atoms with Crippen LogP contribution in [-0.2, 0) is 4.74 Å². The van der Waals surface area contributed by atoms with Gasteiger partial charge in [0.15, 0.2) is 0 Å². The average molecular weight is 207 g/mol. The number of aryl methyl sites for hydroxylation is 2. The number of aliphatic hydroxyl groups excluding tert-OH is 1. The number of nitrogens with one attached hydrogen (secondary N) is 1. The molecule has 2 N–H and O–H groups in total. The maximum absolute atomic E-state index is 9.62. The summed E-state index contributed by atoms with van der Waals surface area (Å²) < 4.78 is 5.20. The third kappa shape index (κ3) is 2.30. The topological polar surface area (TPSA) is 41.5 Å². The number of benzene rings is 1. The summed E-state index contributed by atoms with van der Waals surface area (Å²) in [4.78, 5) is 0. The SMILES string of the molecule is Cc1ccc(C)c(N[C@@H]2COC[C@H]2O)c1. The normalized spacial score (nSPS) is 25.5. The fourth-order valence-electron chi connectivity index (χ4n) is 1.77. The molecule has 1 aromatic carbocycles. The lowest BCUT2D eigenvalue weighted by Crippen LogP contribution is -2.32. The molecular weight excluding hydrogens is 190 g/mol. The van der Waals surface area contributed by atoms with E-state index in [2.05, 4.69) is 37.4 Å². The largest absolute Gasteiger partial charge is 0.388 e. The molecule has 15 heavy (non-hydrogen) atoms. The Morgan fingerprint density at radius 1 is 1.33 bits per heavy atom. The molecule has 2 rings (SSSR count). The third-order valence-corrected chi connectivity index (χ3v) is 2.78. The molecule has 0 aromatic heterocycles. The summed E-state index contributed by atoms with van der Waals surface area (Å²) in [6.07, 6.45) is -0.398.